The Morgan fingerprint density at radius 1 is 1.07 bits per heavy atom. The van der Waals surface area contributed by atoms with Gasteiger partial charge in [0.25, 0.3) is 0 Å². The third kappa shape index (κ3) is 5.97. The highest BCUT2D eigenvalue weighted by Gasteiger charge is 2.22. The normalized spacial score (nSPS) is 15.9. The van der Waals surface area contributed by atoms with Crippen LogP contribution in [0.25, 0.3) is 0 Å². The van der Waals surface area contributed by atoms with E-state index in [4.69, 9.17) is 11.6 Å². The van der Waals surface area contributed by atoms with E-state index in [1.165, 1.54) is 0 Å². The Balaban J connectivity index is 1.56. The van der Waals surface area contributed by atoms with Crippen molar-refractivity contribution in [3.63, 3.8) is 0 Å². The summed E-state index contributed by atoms with van der Waals surface area (Å²) in [6.07, 6.45) is 0. The lowest BCUT2D eigenvalue weighted by atomic mass is 10.2. The number of halogens is 1. The molecule has 7 heteroatoms. The fourth-order valence-corrected chi connectivity index (χ4v) is 4.25. The van der Waals surface area contributed by atoms with E-state index in [0.717, 1.165) is 35.1 Å². The maximum Gasteiger partial charge on any atom is 0.321 e. The lowest BCUT2D eigenvalue weighted by Gasteiger charge is -2.36. The third-order valence-corrected chi connectivity index (χ3v) is 7.10. The van der Waals surface area contributed by atoms with Crippen molar-refractivity contribution >= 4 is 39.8 Å². The molecule has 0 bridgehead atoms. The minimum Gasteiger partial charge on any atom is -0.368 e. The van der Waals surface area contributed by atoms with Gasteiger partial charge in [0.2, 0.25) is 0 Å². The molecule has 1 heterocycles. The Bertz CT molecular complexity index is 890. The van der Waals surface area contributed by atoms with Crippen molar-refractivity contribution in [2.75, 3.05) is 36.4 Å². The molecule has 2 amide bonds. The number of carbonyl (C=O) groups excluding carboxylic acids is 1. The maximum absolute atomic E-state index is 12.7. The predicted octanol–water partition coefficient (Wildman–Crippen LogP) is 4.74. The molecule has 0 aliphatic carbocycles. The Kier molecular flexibility index (Phi) is 6.85. The van der Waals surface area contributed by atoms with Gasteiger partial charge >= 0.3 is 6.03 Å². The summed E-state index contributed by atoms with van der Waals surface area (Å²) >= 11 is 6.08. The molecule has 29 heavy (non-hydrogen) atoms. The minimum absolute atomic E-state index is 0.107. The van der Waals surface area contributed by atoms with Crippen LogP contribution in [0.15, 0.2) is 48.5 Å². The molecule has 0 spiro atoms. The Morgan fingerprint density at radius 3 is 2.41 bits per heavy atom. The lowest BCUT2D eigenvalue weighted by Crippen LogP contribution is -2.50. The van der Waals surface area contributed by atoms with Gasteiger partial charge in [-0.3, -0.25) is 4.21 Å². The number of nitrogens with one attached hydrogen (secondary N) is 1. The van der Waals surface area contributed by atoms with Crippen molar-refractivity contribution in [1.82, 2.24) is 4.90 Å². The second kappa shape index (κ2) is 9.18. The van der Waals surface area contributed by atoms with Crippen molar-refractivity contribution < 1.29 is 9.00 Å². The smallest absolute Gasteiger partial charge is 0.321 e. The highest BCUT2D eigenvalue weighted by molar-refractivity contribution is 7.85. The summed E-state index contributed by atoms with van der Waals surface area (Å²) in [6.45, 7) is 8.72. The van der Waals surface area contributed by atoms with Crippen molar-refractivity contribution in [1.29, 1.82) is 0 Å². The Morgan fingerprint density at radius 2 is 1.76 bits per heavy atom. The van der Waals surface area contributed by atoms with Gasteiger partial charge in [0, 0.05) is 63.9 Å². The molecule has 5 nitrogen and oxygen atoms in total. The van der Waals surface area contributed by atoms with Crippen molar-refractivity contribution in [3.05, 3.63) is 59.1 Å². The molecule has 1 saturated heterocycles. The van der Waals surface area contributed by atoms with E-state index in [2.05, 4.69) is 10.2 Å². The van der Waals surface area contributed by atoms with Crippen LogP contribution in [0.5, 0.6) is 0 Å². The monoisotopic (exact) mass is 433 g/mol. The zero-order valence-corrected chi connectivity index (χ0v) is 18.7. The number of benzene rings is 2. The van der Waals surface area contributed by atoms with E-state index in [1.54, 1.807) is 0 Å². The molecule has 1 aliphatic heterocycles. The fourth-order valence-electron chi connectivity index (χ4n) is 3.15. The number of piperazine rings is 1. The van der Waals surface area contributed by atoms with Crippen molar-refractivity contribution in [2.24, 2.45) is 0 Å². The molecule has 3 rings (SSSR count). The SMILES string of the molecule is CC(C)(C)S(=O)Cc1cccc(NC(=O)N2CCN(c3cccc(Cl)c3)CC2)c1. The molecule has 0 radical (unpaired) electrons. The first-order valence-corrected chi connectivity index (χ1v) is 11.5. The summed E-state index contributed by atoms with van der Waals surface area (Å²) in [5.74, 6) is 0.478. The van der Waals surface area contributed by atoms with Crippen LogP contribution in [-0.2, 0) is 16.6 Å². The molecule has 2 aromatic rings. The van der Waals surface area contributed by atoms with E-state index in [1.807, 2.05) is 74.2 Å². The van der Waals surface area contributed by atoms with E-state index >= 15 is 0 Å². The second-order valence-electron chi connectivity index (χ2n) is 8.19. The lowest BCUT2D eigenvalue weighted by molar-refractivity contribution is 0.208. The number of urea groups is 1. The maximum atomic E-state index is 12.7. The second-order valence-corrected chi connectivity index (χ2v) is 10.8. The summed E-state index contributed by atoms with van der Waals surface area (Å²) in [7, 11) is -0.976. The number of hydrogen-bond donors (Lipinski definition) is 1. The molecule has 0 aromatic heterocycles. The molecule has 1 fully saturated rings. The first kappa shape index (κ1) is 21.7. The standard InChI is InChI=1S/C22H28ClN3O2S/c1-22(2,3)29(28)16-17-6-4-8-19(14-17)24-21(27)26-12-10-25(11-13-26)20-9-5-7-18(23)15-20/h4-9,14-15H,10-13,16H2,1-3H3,(H,24,27). The largest absolute Gasteiger partial charge is 0.368 e. The van der Waals surface area contributed by atoms with Gasteiger partial charge < -0.3 is 15.1 Å². The Labute approximate surface area is 180 Å². The zero-order valence-electron chi connectivity index (χ0n) is 17.2. The number of hydrogen-bond acceptors (Lipinski definition) is 3. The molecule has 2 aromatic carbocycles. The van der Waals surface area contributed by atoms with Crippen LogP contribution in [0.3, 0.4) is 0 Å². The summed E-state index contributed by atoms with van der Waals surface area (Å²) < 4.78 is 12.1. The molecule has 1 N–H and O–H groups in total. The van der Waals surface area contributed by atoms with Crippen LogP contribution >= 0.6 is 11.6 Å². The number of rotatable bonds is 4. The summed E-state index contributed by atoms with van der Waals surface area (Å²) in [5, 5.41) is 3.69. The van der Waals surface area contributed by atoms with Crippen LogP contribution in [0.2, 0.25) is 5.02 Å². The highest BCUT2D eigenvalue weighted by Crippen LogP contribution is 2.22. The minimum atomic E-state index is -0.976. The van der Waals surface area contributed by atoms with Crippen LogP contribution in [0.4, 0.5) is 16.2 Å². The fraction of sp³-hybridized carbons (Fsp3) is 0.409. The Hall–Kier alpha value is -2.05. The van der Waals surface area contributed by atoms with Gasteiger partial charge in [0.1, 0.15) is 0 Å². The van der Waals surface area contributed by atoms with Crippen LogP contribution in [0, 0.1) is 0 Å². The van der Waals surface area contributed by atoms with E-state index in [9.17, 15) is 9.00 Å². The summed E-state index contributed by atoms with van der Waals surface area (Å²) in [6, 6.07) is 15.3. The van der Waals surface area contributed by atoms with Gasteiger partial charge in [0.15, 0.2) is 0 Å². The number of anilines is 2. The average molecular weight is 434 g/mol. The molecule has 156 valence electrons. The zero-order chi connectivity index (χ0) is 21.0. The molecular weight excluding hydrogens is 406 g/mol. The van der Waals surface area contributed by atoms with Crippen LogP contribution < -0.4 is 10.2 Å². The topological polar surface area (TPSA) is 52.7 Å². The van der Waals surface area contributed by atoms with Crippen molar-refractivity contribution in [2.45, 2.75) is 31.3 Å². The summed E-state index contributed by atoms with van der Waals surface area (Å²) in [4.78, 5) is 16.7. The average Bonchev–Trinajstić information content (AvgIpc) is 2.67. The van der Waals surface area contributed by atoms with Crippen LogP contribution in [0.1, 0.15) is 26.3 Å². The first-order chi connectivity index (χ1) is 13.7. The number of nitrogens with zero attached hydrogens (tertiary/aromatic N) is 2. The van der Waals surface area contributed by atoms with Gasteiger partial charge in [-0.2, -0.15) is 0 Å². The quantitative estimate of drug-likeness (QED) is 0.757. The highest BCUT2D eigenvalue weighted by atomic mass is 35.5. The number of carbonyl (C=O) groups is 1. The molecule has 1 unspecified atom stereocenters. The molecular formula is C22H28ClN3O2S. The third-order valence-electron chi connectivity index (χ3n) is 4.90. The first-order valence-electron chi connectivity index (χ1n) is 9.76. The summed E-state index contributed by atoms with van der Waals surface area (Å²) in [5.41, 5.74) is 2.77. The predicted molar refractivity (Wildman–Crippen MR) is 122 cm³/mol. The van der Waals surface area contributed by atoms with Gasteiger partial charge in [-0.05, 0) is 56.7 Å². The van der Waals surface area contributed by atoms with E-state index < -0.39 is 10.8 Å². The molecule has 1 atom stereocenters. The van der Waals surface area contributed by atoms with Crippen molar-refractivity contribution in [3.8, 4) is 0 Å². The molecule has 1 aliphatic rings. The van der Waals surface area contributed by atoms with E-state index in [-0.39, 0.29) is 10.8 Å². The van der Waals surface area contributed by atoms with Gasteiger partial charge in [-0.25, -0.2) is 4.79 Å². The van der Waals surface area contributed by atoms with Gasteiger partial charge in [-0.15, -0.1) is 0 Å². The van der Waals surface area contributed by atoms with Crippen LogP contribution in [-0.4, -0.2) is 46.1 Å². The van der Waals surface area contributed by atoms with E-state index in [0.29, 0.717) is 18.8 Å². The molecule has 0 saturated carbocycles. The van der Waals surface area contributed by atoms with Gasteiger partial charge in [-0.1, -0.05) is 29.8 Å². The number of amides is 2. The van der Waals surface area contributed by atoms with Gasteiger partial charge in [0.05, 0.1) is 0 Å².